The van der Waals surface area contributed by atoms with Gasteiger partial charge in [0.05, 0.1) is 15.6 Å². The van der Waals surface area contributed by atoms with Crippen molar-refractivity contribution in [1.29, 1.82) is 0 Å². The second-order valence-corrected chi connectivity index (χ2v) is 6.36. The van der Waals surface area contributed by atoms with Gasteiger partial charge in [-0.15, -0.1) is 0 Å². The maximum Gasteiger partial charge on any atom is 0.293 e. The minimum absolute atomic E-state index is 0.0522. The first-order chi connectivity index (χ1) is 11.9. The molecule has 0 amide bonds. The topological polar surface area (TPSA) is 70.4 Å². The highest BCUT2D eigenvalue weighted by molar-refractivity contribution is 6.33. The molecule has 0 unspecified atom stereocenters. The molecule has 3 rings (SSSR count). The number of fused-ring (bicyclic) bond motifs is 1. The van der Waals surface area contributed by atoms with Crippen LogP contribution in [-0.4, -0.2) is 19.0 Å². The molecule has 0 fully saturated rings. The third kappa shape index (κ3) is 3.25. The van der Waals surface area contributed by atoms with Gasteiger partial charge in [-0.3, -0.25) is 10.1 Å². The molecule has 0 saturated carbocycles. The molecule has 0 atom stereocenters. The molecule has 1 aliphatic rings. The number of allylic oxidation sites excluding steroid dienone is 1. The lowest BCUT2D eigenvalue weighted by atomic mass is 9.99. The van der Waals surface area contributed by atoms with Crippen molar-refractivity contribution in [3.8, 4) is 0 Å². The molecule has 6 nitrogen and oxygen atoms in total. The number of anilines is 4. The van der Waals surface area contributed by atoms with Gasteiger partial charge in [-0.25, -0.2) is 0 Å². The zero-order valence-corrected chi connectivity index (χ0v) is 14.9. The van der Waals surface area contributed by atoms with Gasteiger partial charge in [-0.1, -0.05) is 18.2 Å². The first kappa shape index (κ1) is 17.1. The molecule has 0 spiro atoms. The van der Waals surface area contributed by atoms with E-state index >= 15 is 0 Å². The van der Waals surface area contributed by atoms with Crippen molar-refractivity contribution in [2.45, 2.75) is 12.8 Å². The minimum Gasteiger partial charge on any atom is -0.383 e. The van der Waals surface area contributed by atoms with Crippen LogP contribution in [0.3, 0.4) is 0 Å². The number of halogens is 1. The van der Waals surface area contributed by atoms with Gasteiger partial charge < -0.3 is 15.5 Å². The van der Waals surface area contributed by atoms with Gasteiger partial charge in [0.25, 0.3) is 5.69 Å². The third-order valence-corrected chi connectivity index (χ3v) is 4.74. The Labute approximate surface area is 151 Å². The molecule has 130 valence electrons. The summed E-state index contributed by atoms with van der Waals surface area (Å²) >= 11 is 6.22. The molecule has 0 bridgehead atoms. The van der Waals surface area contributed by atoms with Crippen molar-refractivity contribution in [2.24, 2.45) is 0 Å². The Balaban J connectivity index is 1.93. The fourth-order valence-electron chi connectivity index (χ4n) is 2.97. The predicted molar refractivity (Wildman–Crippen MR) is 103 cm³/mol. The molecule has 2 aromatic rings. The number of aryl methyl sites for hydroxylation is 1. The quantitative estimate of drug-likeness (QED) is 0.599. The van der Waals surface area contributed by atoms with Gasteiger partial charge >= 0.3 is 0 Å². The lowest BCUT2D eigenvalue weighted by Gasteiger charge is -2.30. The Morgan fingerprint density at radius 3 is 2.68 bits per heavy atom. The summed E-state index contributed by atoms with van der Waals surface area (Å²) in [5.41, 5.74) is 5.33. The van der Waals surface area contributed by atoms with Crippen LogP contribution < -0.4 is 15.5 Å². The van der Waals surface area contributed by atoms with Gasteiger partial charge in [0.15, 0.2) is 0 Å². The highest BCUT2D eigenvalue weighted by Gasteiger charge is 2.19. The van der Waals surface area contributed by atoms with E-state index in [1.807, 2.05) is 19.2 Å². The van der Waals surface area contributed by atoms with E-state index in [-0.39, 0.29) is 5.69 Å². The maximum absolute atomic E-state index is 11.1. The summed E-state index contributed by atoms with van der Waals surface area (Å²) in [6, 6.07) is 9.08. The summed E-state index contributed by atoms with van der Waals surface area (Å²) < 4.78 is 0. The SMILES string of the molecule is C=C1CCc2cc(Nc3cc(NC)c([N+](=O)[O-])cc3Cl)ccc2N1C. The smallest absolute Gasteiger partial charge is 0.293 e. The number of nitro groups is 1. The van der Waals surface area contributed by atoms with Crippen molar-refractivity contribution < 1.29 is 4.92 Å². The van der Waals surface area contributed by atoms with Crippen molar-refractivity contribution in [2.75, 3.05) is 29.6 Å². The molecule has 7 heteroatoms. The van der Waals surface area contributed by atoms with E-state index in [0.29, 0.717) is 16.4 Å². The second kappa shape index (κ2) is 6.64. The molecule has 25 heavy (non-hydrogen) atoms. The van der Waals surface area contributed by atoms with E-state index in [1.165, 1.54) is 11.6 Å². The zero-order chi connectivity index (χ0) is 18.1. The van der Waals surface area contributed by atoms with E-state index in [4.69, 9.17) is 11.6 Å². The van der Waals surface area contributed by atoms with E-state index in [2.05, 4.69) is 28.2 Å². The highest BCUT2D eigenvalue weighted by atomic mass is 35.5. The Hall–Kier alpha value is -2.73. The first-order valence-corrected chi connectivity index (χ1v) is 8.25. The number of nitrogens with one attached hydrogen (secondary N) is 2. The standard InChI is InChI=1S/C18H19ClN4O2/c1-11-4-5-12-8-13(6-7-17(12)22(11)3)21-15-10-16(20-2)18(23(24)25)9-14(15)19/h6-10,20-21H,1,4-5H2,2-3H3. The van der Waals surface area contributed by atoms with Crippen molar-refractivity contribution in [3.63, 3.8) is 0 Å². The van der Waals surface area contributed by atoms with Gasteiger partial charge in [-0.05, 0) is 42.7 Å². The highest BCUT2D eigenvalue weighted by Crippen LogP contribution is 2.37. The van der Waals surface area contributed by atoms with Crippen molar-refractivity contribution in [3.05, 3.63) is 63.3 Å². The molecular formula is C18H19ClN4O2. The van der Waals surface area contributed by atoms with Crippen LogP contribution in [0.25, 0.3) is 0 Å². The third-order valence-electron chi connectivity index (χ3n) is 4.43. The molecule has 0 radical (unpaired) electrons. The van der Waals surface area contributed by atoms with Crippen molar-refractivity contribution >= 4 is 40.0 Å². The maximum atomic E-state index is 11.1. The van der Waals surface area contributed by atoms with Crippen LogP contribution in [0, 0.1) is 10.1 Å². The largest absolute Gasteiger partial charge is 0.383 e. The average molecular weight is 359 g/mol. The Kier molecular flexibility index (Phi) is 4.55. The Morgan fingerprint density at radius 1 is 1.24 bits per heavy atom. The van der Waals surface area contributed by atoms with E-state index < -0.39 is 4.92 Å². The number of hydrogen-bond donors (Lipinski definition) is 2. The van der Waals surface area contributed by atoms with Gasteiger partial charge in [0, 0.05) is 37.2 Å². The molecule has 0 saturated heterocycles. The molecule has 1 heterocycles. The van der Waals surface area contributed by atoms with E-state index in [0.717, 1.165) is 29.9 Å². The molecule has 1 aliphatic heterocycles. The van der Waals surface area contributed by atoms with E-state index in [1.54, 1.807) is 13.1 Å². The molecule has 2 N–H and O–H groups in total. The summed E-state index contributed by atoms with van der Waals surface area (Å²) in [4.78, 5) is 12.7. The summed E-state index contributed by atoms with van der Waals surface area (Å²) in [6.07, 6.45) is 1.86. The summed E-state index contributed by atoms with van der Waals surface area (Å²) in [5, 5.41) is 17.5. The van der Waals surface area contributed by atoms with E-state index in [9.17, 15) is 10.1 Å². The summed E-state index contributed by atoms with van der Waals surface area (Å²) in [5.74, 6) is 0. The van der Waals surface area contributed by atoms with Crippen LogP contribution in [0.5, 0.6) is 0 Å². The number of nitrogens with zero attached hydrogens (tertiary/aromatic N) is 2. The Bertz CT molecular complexity index is 866. The lowest BCUT2D eigenvalue weighted by Crippen LogP contribution is -2.21. The van der Waals surface area contributed by atoms with Crippen LogP contribution in [0.2, 0.25) is 5.02 Å². The van der Waals surface area contributed by atoms with Gasteiger partial charge in [0.2, 0.25) is 0 Å². The second-order valence-electron chi connectivity index (χ2n) is 5.95. The van der Waals surface area contributed by atoms with Crippen LogP contribution in [0.15, 0.2) is 42.6 Å². The lowest BCUT2D eigenvalue weighted by molar-refractivity contribution is -0.383. The monoisotopic (exact) mass is 358 g/mol. The summed E-state index contributed by atoms with van der Waals surface area (Å²) in [6.45, 7) is 4.07. The van der Waals surface area contributed by atoms with Crippen LogP contribution in [-0.2, 0) is 6.42 Å². The average Bonchev–Trinajstić information content (AvgIpc) is 2.59. The Morgan fingerprint density at radius 2 is 2.00 bits per heavy atom. The normalized spacial score (nSPS) is 13.4. The molecular weight excluding hydrogens is 340 g/mol. The number of hydrogen-bond acceptors (Lipinski definition) is 5. The number of benzene rings is 2. The fraction of sp³-hybridized carbons (Fsp3) is 0.222. The van der Waals surface area contributed by atoms with Crippen LogP contribution >= 0.6 is 11.6 Å². The first-order valence-electron chi connectivity index (χ1n) is 7.88. The van der Waals surface area contributed by atoms with Gasteiger partial charge in [0.1, 0.15) is 5.69 Å². The van der Waals surface area contributed by atoms with Crippen molar-refractivity contribution in [1.82, 2.24) is 0 Å². The van der Waals surface area contributed by atoms with Gasteiger partial charge in [-0.2, -0.15) is 0 Å². The van der Waals surface area contributed by atoms with Crippen LogP contribution in [0.1, 0.15) is 12.0 Å². The van der Waals surface area contributed by atoms with Crippen LogP contribution in [0.4, 0.5) is 28.4 Å². The minimum atomic E-state index is -0.455. The summed E-state index contributed by atoms with van der Waals surface area (Å²) in [7, 11) is 3.65. The molecule has 2 aromatic carbocycles. The number of rotatable bonds is 4. The number of nitro benzene ring substituents is 1. The fourth-order valence-corrected chi connectivity index (χ4v) is 3.18. The predicted octanol–water partition coefficient (Wildman–Crippen LogP) is 4.93. The molecule has 0 aliphatic carbocycles. The zero-order valence-electron chi connectivity index (χ0n) is 14.1. The molecule has 0 aromatic heterocycles.